The van der Waals surface area contributed by atoms with Crippen LogP contribution in [0.2, 0.25) is 0 Å². The monoisotopic (exact) mass is 778 g/mol. The van der Waals surface area contributed by atoms with Gasteiger partial charge in [-0.25, -0.2) is 27.9 Å². The number of nitrogen functional groups attached to an aromatic ring is 1. The highest BCUT2D eigenvalue weighted by Crippen LogP contribution is 2.38. The van der Waals surface area contributed by atoms with E-state index in [0.29, 0.717) is 11.3 Å². The third kappa shape index (κ3) is 8.25. The van der Waals surface area contributed by atoms with Gasteiger partial charge in [-0.15, -0.1) is 0 Å². The largest absolute Gasteiger partial charge is 0.465 e. The molecular formula is C42H44F2N8O5. The molecule has 0 saturated carbocycles. The van der Waals surface area contributed by atoms with E-state index in [9.17, 15) is 24.8 Å². The quantitative estimate of drug-likeness (QED) is 0.113. The van der Waals surface area contributed by atoms with E-state index >= 15 is 8.78 Å². The average Bonchev–Trinajstić information content (AvgIpc) is 3.13. The molecule has 4 heterocycles. The van der Waals surface area contributed by atoms with Crippen LogP contribution in [0.4, 0.5) is 25.1 Å². The van der Waals surface area contributed by atoms with Crippen LogP contribution >= 0.6 is 0 Å². The summed E-state index contributed by atoms with van der Waals surface area (Å²) in [4.78, 5) is 57.0. The number of nitriles is 1. The lowest BCUT2D eigenvalue weighted by Gasteiger charge is -2.49. The summed E-state index contributed by atoms with van der Waals surface area (Å²) in [5, 5.41) is 20.5. The fraction of sp³-hybridized carbons (Fsp3) is 0.357. The van der Waals surface area contributed by atoms with Crippen LogP contribution in [-0.2, 0) is 22.4 Å². The maximum Gasteiger partial charge on any atom is 0.407 e. The van der Waals surface area contributed by atoms with Gasteiger partial charge in [0.15, 0.2) is 11.5 Å². The molecule has 15 heteroatoms. The Bertz CT molecular complexity index is 2420. The van der Waals surface area contributed by atoms with Crippen molar-refractivity contribution in [3.05, 3.63) is 106 Å². The predicted molar refractivity (Wildman–Crippen MR) is 211 cm³/mol. The maximum atomic E-state index is 16.5. The molecule has 6 rings (SSSR count). The number of esters is 1. The molecule has 1 atom stereocenters. The lowest BCUT2D eigenvalue weighted by molar-refractivity contribution is -0.154. The molecule has 1 aliphatic rings. The Morgan fingerprint density at radius 1 is 1.05 bits per heavy atom. The number of ether oxygens (including phenoxy) is 1. The molecule has 0 spiro atoms. The van der Waals surface area contributed by atoms with E-state index in [2.05, 4.69) is 21.0 Å². The zero-order valence-electron chi connectivity index (χ0n) is 32.4. The number of carbonyl (C=O) groups is 2. The van der Waals surface area contributed by atoms with Crippen molar-refractivity contribution in [2.75, 3.05) is 30.3 Å². The molecule has 0 unspecified atom stereocenters. The minimum absolute atomic E-state index is 0.00332. The van der Waals surface area contributed by atoms with Gasteiger partial charge in [-0.2, -0.15) is 10.2 Å². The number of anilines is 2. The molecule has 1 saturated heterocycles. The van der Waals surface area contributed by atoms with E-state index in [1.807, 2.05) is 44.2 Å². The summed E-state index contributed by atoms with van der Waals surface area (Å²) < 4.78 is 38.7. The number of aryl methyl sites for hydroxylation is 1. The van der Waals surface area contributed by atoms with Crippen molar-refractivity contribution in [2.45, 2.75) is 77.4 Å². The number of piperazine rings is 1. The first-order valence-corrected chi connectivity index (χ1v) is 18.6. The molecule has 0 radical (unpaired) electrons. The van der Waals surface area contributed by atoms with Gasteiger partial charge in [0.2, 0.25) is 0 Å². The molecule has 0 bridgehead atoms. The van der Waals surface area contributed by atoms with Crippen LogP contribution in [0.15, 0.2) is 71.7 Å². The summed E-state index contributed by atoms with van der Waals surface area (Å²) in [6.07, 6.45) is 0.406. The molecule has 2 aromatic carbocycles. The van der Waals surface area contributed by atoms with Crippen molar-refractivity contribution < 1.29 is 28.2 Å². The Morgan fingerprint density at radius 2 is 1.79 bits per heavy atom. The van der Waals surface area contributed by atoms with Gasteiger partial charge in [0, 0.05) is 37.9 Å². The van der Waals surface area contributed by atoms with Crippen LogP contribution in [0.5, 0.6) is 0 Å². The van der Waals surface area contributed by atoms with Gasteiger partial charge in [0.1, 0.15) is 22.9 Å². The van der Waals surface area contributed by atoms with Crippen LogP contribution in [0.1, 0.15) is 70.2 Å². The number of fused-ring (bicyclic) bond motifs is 1. The molecule has 296 valence electrons. The van der Waals surface area contributed by atoms with Gasteiger partial charge < -0.3 is 20.5 Å². The normalized spacial score (nSPS) is 15.8. The second kappa shape index (κ2) is 16.0. The highest BCUT2D eigenvalue weighted by Gasteiger charge is 2.45. The second-order valence-electron chi connectivity index (χ2n) is 15.5. The highest BCUT2D eigenvalue weighted by atomic mass is 19.1. The van der Waals surface area contributed by atoms with Crippen molar-refractivity contribution in [3.63, 3.8) is 0 Å². The summed E-state index contributed by atoms with van der Waals surface area (Å²) in [6.45, 7) is 8.92. The predicted octanol–water partition coefficient (Wildman–Crippen LogP) is 6.80. The van der Waals surface area contributed by atoms with Gasteiger partial charge in [0.25, 0.3) is 0 Å². The molecule has 1 fully saturated rings. The summed E-state index contributed by atoms with van der Waals surface area (Å²) in [7, 11) is 0. The first-order valence-electron chi connectivity index (χ1n) is 18.6. The average molecular weight is 779 g/mol. The summed E-state index contributed by atoms with van der Waals surface area (Å²) in [5.41, 5.74) is 4.42. The fourth-order valence-corrected chi connectivity index (χ4v) is 7.48. The summed E-state index contributed by atoms with van der Waals surface area (Å²) in [5.74, 6) is -2.52. The number of halogens is 2. The number of nitrogens with two attached hydrogens (primary N) is 1. The maximum absolute atomic E-state index is 16.5. The smallest absolute Gasteiger partial charge is 0.407 e. The lowest BCUT2D eigenvalue weighted by atomic mass is 9.84. The third-order valence-corrected chi connectivity index (χ3v) is 9.88. The van der Waals surface area contributed by atoms with Crippen LogP contribution in [0, 0.1) is 23.0 Å². The Balaban J connectivity index is 1.62. The van der Waals surface area contributed by atoms with E-state index < -0.39 is 46.2 Å². The molecule has 13 nitrogen and oxygen atoms in total. The molecule has 1 aliphatic heterocycles. The molecule has 57 heavy (non-hydrogen) atoms. The van der Waals surface area contributed by atoms with Gasteiger partial charge in [-0.1, -0.05) is 50.2 Å². The Hall–Kier alpha value is -6.43. The number of amides is 1. The number of aromatic nitrogens is 4. The number of benzene rings is 2. The molecule has 0 aliphatic carbocycles. The molecule has 3 aromatic heterocycles. The van der Waals surface area contributed by atoms with E-state index in [0.717, 1.165) is 17.7 Å². The molecule has 5 aromatic rings. The highest BCUT2D eigenvalue weighted by molar-refractivity contribution is 5.91. The number of nitrogens with zero attached hydrogens (tertiary/aromatic N) is 7. The lowest BCUT2D eigenvalue weighted by Crippen LogP contribution is -2.65. The van der Waals surface area contributed by atoms with Crippen LogP contribution < -0.4 is 16.3 Å². The molecular weight excluding hydrogens is 735 g/mol. The molecule has 1 amide bonds. The van der Waals surface area contributed by atoms with Crippen LogP contribution in [0.3, 0.4) is 0 Å². The topological polar surface area (TPSA) is 181 Å². The van der Waals surface area contributed by atoms with Gasteiger partial charge in [0.05, 0.1) is 40.4 Å². The van der Waals surface area contributed by atoms with Gasteiger partial charge in [-0.3, -0.25) is 14.7 Å². The summed E-state index contributed by atoms with van der Waals surface area (Å²) in [6, 6.07) is 18.0. The number of rotatable bonds is 10. The first kappa shape index (κ1) is 40.2. The zero-order chi connectivity index (χ0) is 41.2. The SMILES string of the molecule is CC(C)c1nccc(CCC(=O)OC(C)(C)C)c1-n1c(=O)nc(N2CCN(C(=O)O)[C@](CC#N)(Cc3ccccc3)C2)c2cc(F)c(-c3c(N)cccc3F)nc21. The van der Waals surface area contributed by atoms with Gasteiger partial charge >= 0.3 is 17.8 Å². The Kier molecular flexibility index (Phi) is 11.3. The van der Waals surface area contributed by atoms with E-state index in [-0.39, 0.29) is 85.0 Å². The number of hydrogen-bond donors (Lipinski definition) is 2. The fourth-order valence-electron chi connectivity index (χ4n) is 7.48. The van der Waals surface area contributed by atoms with Crippen LogP contribution in [0.25, 0.3) is 28.0 Å². The standard InChI is InChI=1S/C42H44F2N8O5/c1-25(2)34-36(27(16-19-47-34)14-15-32(53)57-41(3,4)5)52-38-28(22-30(44)35(48-38)33-29(43)12-9-13-31(33)46)37(49-39(52)54)50-20-21-51(40(55)56)42(24-50,17-18-45)23-26-10-7-6-8-11-26/h6-13,16,19,22,25H,14-15,17,20-21,23-24,46H2,1-5H3,(H,55,56)/t42-/m1/s1. The van der Waals surface area contributed by atoms with Crippen molar-refractivity contribution in [3.8, 4) is 23.0 Å². The minimum Gasteiger partial charge on any atom is -0.465 e. The van der Waals surface area contributed by atoms with E-state index in [1.54, 1.807) is 37.9 Å². The number of carboxylic acid groups (broad SMARTS) is 1. The summed E-state index contributed by atoms with van der Waals surface area (Å²) >= 11 is 0. The van der Waals surface area contributed by atoms with Gasteiger partial charge in [-0.05, 0) is 74.9 Å². The van der Waals surface area contributed by atoms with E-state index in [4.69, 9.17) is 10.5 Å². The van der Waals surface area contributed by atoms with Crippen molar-refractivity contribution >= 4 is 34.6 Å². The van der Waals surface area contributed by atoms with E-state index in [1.165, 1.54) is 21.6 Å². The zero-order valence-corrected chi connectivity index (χ0v) is 32.4. The van der Waals surface area contributed by atoms with Crippen LogP contribution in [-0.4, -0.2) is 72.4 Å². The first-order chi connectivity index (χ1) is 27.0. The third-order valence-electron chi connectivity index (χ3n) is 9.88. The number of carbonyl (C=O) groups excluding carboxylic acids is 1. The van der Waals surface area contributed by atoms with Crippen molar-refractivity contribution in [1.29, 1.82) is 5.26 Å². The molecule has 3 N–H and O–H groups in total. The second-order valence-corrected chi connectivity index (χ2v) is 15.5. The Labute approximate surface area is 328 Å². The number of hydrogen-bond acceptors (Lipinski definition) is 10. The number of pyridine rings is 2. The Morgan fingerprint density at radius 3 is 2.44 bits per heavy atom. The van der Waals surface area contributed by atoms with Crippen molar-refractivity contribution in [1.82, 2.24) is 24.4 Å². The van der Waals surface area contributed by atoms with Crippen molar-refractivity contribution in [2.24, 2.45) is 0 Å². The minimum atomic E-state index is -1.29.